The van der Waals surface area contributed by atoms with E-state index in [0.29, 0.717) is 29.3 Å². The lowest BCUT2D eigenvalue weighted by Crippen LogP contribution is -2.34. The lowest BCUT2D eigenvalue weighted by molar-refractivity contribution is -0.160. The number of rotatable bonds is 13. The number of hydrogen-bond acceptors (Lipinski definition) is 6. The number of ether oxygens (including phenoxy) is 2. The Morgan fingerprint density at radius 3 is 2.47 bits per heavy atom. The predicted octanol–water partition coefficient (Wildman–Crippen LogP) is 5.41. The van der Waals surface area contributed by atoms with E-state index < -0.39 is 34.5 Å². The van der Waals surface area contributed by atoms with Gasteiger partial charge in [0.1, 0.15) is 16.4 Å². The highest BCUT2D eigenvalue weighted by Crippen LogP contribution is 2.34. The van der Waals surface area contributed by atoms with Crippen LogP contribution in [0.3, 0.4) is 0 Å². The summed E-state index contributed by atoms with van der Waals surface area (Å²) in [6, 6.07) is 9.16. The minimum atomic E-state index is -4.10. The van der Waals surface area contributed by atoms with E-state index in [4.69, 9.17) is 9.84 Å². The molecule has 0 radical (unpaired) electrons. The molecule has 12 heteroatoms. The van der Waals surface area contributed by atoms with Crippen molar-refractivity contribution < 1.29 is 36.6 Å². The Morgan fingerprint density at radius 1 is 1.18 bits per heavy atom. The first-order valence-electron chi connectivity index (χ1n) is 10.3. The number of halogens is 3. The molecule has 0 saturated heterocycles. The molecule has 2 aromatic rings. The van der Waals surface area contributed by atoms with Gasteiger partial charge in [-0.2, -0.15) is 13.1 Å². The van der Waals surface area contributed by atoms with E-state index in [9.17, 15) is 22.0 Å². The number of aryl methyl sites for hydroxylation is 1. The molecule has 2 rings (SSSR count). The summed E-state index contributed by atoms with van der Waals surface area (Å²) >= 11 is 4.57. The van der Waals surface area contributed by atoms with Crippen LogP contribution in [-0.4, -0.2) is 55.4 Å². The summed E-state index contributed by atoms with van der Waals surface area (Å²) in [5.74, 6) is -0.636. The summed E-state index contributed by atoms with van der Waals surface area (Å²) in [5.41, 5.74) is 0.751. The first kappa shape index (κ1) is 28.3. The number of nitrogens with zero attached hydrogens (tertiary/aromatic N) is 1. The third-order valence-electron chi connectivity index (χ3n) is 4.39. The van der Waals surface area contributed by atoms with E-state index in [-0.39, 0.29) is 18.0 Å². The molecule has 0 amide bonds. The molecular weight excluding hydrogens is 556 g/mol. The summed E-state index contributed by atoms with van der Waals surface area (Å²) in [6.07, 6.45) is -3.01. The third-order valence-corrected chi connectivity index (χ3v) is 7.80. The molecule has 34 heavy (non-hydrogen) atoms. The van der Waals surface area contributed by atoms with Crippen LogP contribution in [0.1, 0.15) is 25.8 Å². The van der Waals surface area contributed by atoms with Crippen LogP contribution in [0.15, 0.2) is 50.7 Å². The number of thioether (sulfide) groups is 1. The third kappa shape index (κ3) is 8.40. The Morgan fingerprint density at radius 2 is 1.88 bits per heavy atom. The summed E-state index contributed by atoms with van der Waals surface area (Å²) in [7, 11) is -4.10. The van der Waals surface area contributed by atoms with E-state index in [1.165, 1.54) is 34.3 Å². The number of carbonyl (C=O) groups is 1. The van der Waals surface area contributed by atoms with Gasteiger partial charge in [0, 0.05) is 35.1 Å². The Labute approximate surface area is 210 Å². The van der Waals surface area contributed by atoms with Crippen molar-refractivity contribution in [3.63, 3.8) is 0 Å². The number of carboxylic acid groups (broad SMARTS) is 1. The quantitative estimate of drug-likeness (QED) is 0.316. The van der Waals surface area contributed by atoms with Gasteiger partial charge in [0.2, 0.25) is 10.0 Å². The fourth-order valence-corrected chi connectivity index (χ4v) is 6.04. The van der Waals surface area contributed by atoms with Gasteiger partial charge < -0.3 is 14.6 Å². The highest BCUT2D eigenvalue weighted by molar-refractivity contribution is 9.10. The molecule has 0 atom stereocenters. The molecule has 0 aromatic heterocycles. The zero-order valence-electron chi connectivity index (χ0n) is 18.9. The molecule has 0 spiro atoms. The fourth-order valence-electron chi connectivity index (χ4n) is 2.99. The number of alkyl halides is 2. The Balaban J connectivity index is 2.16. The maximum atomic E-state index is 13.5. The van der Waals surface area contributed by atoms with Gasteiger partial charge in [-0.3, -0.25) is 0 Å². The van der Waals surface area contributed by atoms with Gasteiger partial charge in [-0.1, -0.05) is 22.9 Å². The first-order chi connectivity index (χ1) is 15.8. The minimum absolute atomic E-state index is 0.148. The molecule has 0 aliphatic carbocycles. The van der Waals surface area contributed by atoms with Crippen molar-refractivity contribution in [3.05, 3.63) is 46.4 Å². The molecule has 188 valence electrons. The Hall–Kier alpha value is -1.89. The van der Waals surface area contributed by atoms with Crippen LogP contribution < -0.4 is 9.47 Å². The van der Waals surface area contributed by atoms with Crippen molar-refractivity contribution in [3.8, 4) is 11.5 Å². The van der Waals surface area contributed by atoms with E-state index in [2.05, 4.69) is 20.7 Å². The van der Waals surface area contributed by atoms with Gasteiger partial charge in [-0.25, -0.2) is 13.2 Å². The zero-order chi connectivity index (χ0) is 25.5. The highest BCUT2D eigenvalue weighted by Gasteiger charge is 2.31. The molecule has 0 saturated carbocycles. The predicted molar refractivity (Wildman–Crippen MR) is 129 cm³/mol. The molecule has 0 aliphatic rings. The van der Waals surface area contributed by atoms with Crippen LogP contribution in [-0.2, 0) is 14.8 Å². The standard InChI is InChI=1S/C22H26BrF2NO6S2/c1-4-9-26(10-11-33-17-6-7-18(15(2)12-17)31-14-21(27)28)34(29,30)20-8-5-16(23)13-19(20)32-22(3,24)25/h5-8,12-13H,4,9-11,14H2,1-3H3,(H,27,28). The summed E-state index contributed by atoms with van der Waals surface area (Å²) in [5, 5.41) is 8.74. The van der Waals surface area contributed by atoms with Crippen molar-refractivity contribution in [1.82, 2.24) is 4.31 Å². The van der Waals surface area contributed by atoms with Crippen LogP contribution in [0.4, 0.5) is 8.78 Å². The smallest absolute Gasteiger partial charge is 0.394 e. The van der Waals surface area contributed by atoms with E-state index in [1.807, 2.05) is 13.0 Å². The lowest BCUT2D eigenvalue weighted by Gasteiger charge is -2.24. The maximum Gasteiger partial charge on any atom is 0.394 e. The SMILES string of the molecule is CCCN(CCSc1ccc(OCC(=O)O)c(C)c1)S(=O)(=O)c1ccc(Br)cc1OC(C)(F)F. The maximum absolute atomic E-state index is 13.5. The van der Waals surface area contributed by atoms with E-state index >= 15 is 0 Å². The molecule has 7 nitrogen and oxygen atoms in total. The fraction of sp³-hybridized carbons (Fsp3) is 0.409. The lowest BCUT2D eigenvalue weighted by atomic mass is 10.2. The number of carboxylic acids is 1. The Kier molecular flexibility index (Phi) is 10.2. The topological polar surface area (TPSA) is 93.1 Å². The molecule has 0 fully saturated rings. The van der Waals surface area contributed by atoms with Crippen LogP contribution in [0, 0.1) is 6.92 Å². The number of hydrogen-bond donors (Lipinski definition) is 1. The highest BCUT2D eigenvalue weighted by atomic mass is 79.9. The minimum Gasteiger partial charge on any atom is -0.482 e. The molecule has 1 N–H and O–H groups in total. The summed E-state index contributed by atoms with van der Waals surface area (Å²) in [6.45, 7) is 4.08. The molecular formula is C22H26BrF2NO6S2. The molecule has 0 heterocycles. The van der Waals surface area contributed by atoms with Crippen LogP contribution in [0.25, 0.3) is 0 Å². The second kappa shape index (κ2) is 12.2. The number of benzene rings is 2. The summed E-state index contributed by atoms with van der Waals surface area (Å²) in [4.78, 5) is 11.2. The molecule has 0 aliphatic heterocycles. The largest absolute Gasteiger partial charge is 0.482 e. The van der Waals surface area contributed by atoms with Crippen molar-refractivity contribution in [2.75, 3.05) is 25.4 Å². The second-order valence-corrected chi connectivity index (χ2v) is 11.4. The molecule has 0 unspecified atom stereocenters. The van der Waals surface area contributed by atoms with Gasteiger partial charge in [0.05, 0.1) is 0 Å². The molecule has 0 bridgehead atoms. The Bertz CT molecular complexity index is 1110. The second-order valence-electron chi connectivity index (χ2n) is 7.36. The first-order valence-corrected chi connectivity index (χ1v) is 13.5. The zero-order valence-corrected chi connectivity index (χ0v) is 22.1. The van der Waals surface area contributed by atoms with Gasteiger partial charge >= 0.3 is 12.1 Å². The molecule has 2 aromatic carbocycles. The van der Waals surface area contributed by atoms with Gasteiger partial charge in [-0.05, 0) is 55.3 Å². The van der Waals surface area contributed by atoms with Crippen LogP contribution >= 0.6 is 27.7 Å². The normalized spacial score (nSPS) is 12.1. The van der Waals surface area contributed by atoms with Crippen molar-refractivity contribution in [2.45, 2.75) is 43.1 Å². The number of aliphatic carboxylic acids is 1. The van der Waals surface area contributed by atoms with Crippen molar-refractivity contribution in [2.24, 2.45) is 0 Å². The van der Waals surface area contributed by atoms with Gasteiger partial charge in [0.25, 0.3) is 0 Å². The average Bonchev–Trinajstić information content (AvgIpc) is 2.71. The average molecular weight is 582 g/mol. The van der Waals surface area contributed by atoms with Crippen LogP contribution in [0.5, 0.6) is 11.5 Å². The van der Waals surface area contributed by atoms with E-state index in [1.54, 1.807) is 19.1 Å². The van der Waals surface area contributed by atoms with E-state index in [0.717, 1.165) is 10.5 Å². The number of sulfonamides is 1. The van der Waals surface area contributed by atoms with Gasteiger partial charge in [-0.15, -0.1) is 11.8 Å². The van der Waals surface area contributed by atoms with Gasteiger partial charge in [0.15, 0.2) is 6.61 Å². The van der Waals surface area contributed by atoms with Crippen molar-refractivity contribution in [1.29, 1.82) is 0 Å². The van der Waals surface area contributed by atoms with Crippen LogP contribution in [0.2, 0.25) is 0 Å². The monoisotopic (exact) mass is 581 g/mol. The van der Waals surface area contributed by atoms with Crippen molar-refractivity contribution >= 4 is 43.7 Å². The summed E-state index contributed by atoms with van der Waals surface area (Å²) < 4.78 is 65.2.